The maximum atomic E-state index is 13.7. The normalized spacial score (nSPS) is 19.9. The summed E-state index contributed by atoms with van der Waals surface area (Å²) in [6, 6.07) is 10.1. The Kier molecular flexibility index (Phi) is 7.13. The van der Waals surface area contributed by atoms with Crippen molar-refractivity contribution in [3.05, 3.63) is 42.1 Å². The summed E-state index contributed by atoms with van der Waals surface area (Å²) in [6.07, 6.45) is 6.72. The fourth-order valence-corrected chi connectivity index (χ4v) is 6.10. The third-order valence-corrected chi connectivity index (χ3v) is 9.03. The molecule has 3 aliphatic rings. The molecular weight excluding hydrogens is 520 g/mol. The summed E-state index contributed by atoms with van der Waals surface area (Å²) in [5.41, 5.74) is 5.93. The van der Waals surface area contributed by atoms with Gasteiger partial charge >= 0.3 is 0 Å². The van der Waals surface area contributed by atoms with Gasteiger partial charge in [-0.2, -0.15) is 0 Å². The highest BCUT2D eigenvalue weighted by atomic mass is 32.2. The van der Waals surface area contributed by atoms with Gasteiger partial charge in [0.2, 0.25) is 0 Å². The number of hydrogen-bond donors (Lipinski definition) is 2. The summed E-state index contributed by atoms with van der Waals surface area (Å²) < 4.78 is 32.6. The number of piperidine rings is 2. The number of aryl methyl sites for hydroxylation is 1. The van der Waals surface area contributed by atoms with E-state index >= 15 is 0 Å². The van der Waals surface area contributed by atoms with Crippen molar-refractivity contribution in [3.63, 3.8) is 0 Å². The number of pyridine rings is 1. The van der Waals surface area contributed by atoms with Crippen LogP contribution in [-0.4, -0.2) is 69.5 Å². The van der Waals surface area contributed by atoms with Crippen molar-refractivity contribution in [3.8, 4) is 17.1 Å². The van der Waals surface area contributed by atoms with Crippen molar-refractivity contribution in [2.24, 2.45) is 5.41 Å². The molecule has 2 aliphatic heterocycles. The maximum absolute atomic E-state index is 13.7. The average molecular weight is 556 g/mol. The van der Waals surface area contributed by atoms with Crippen LogP contribution in [0.15, 0.2) is 36.5 Å². The van der Waals surface area contributed by atoms with Crippen LogP contribution in [0.25, 0.3) is 17.1 Å². The Balaban J connectivity index is 1.27. The Bertz CT molecular complexity index is 1310. The van der Waals surface area contributed by atoms with Crippen LogP contribution in [0.2, 0.25) is 0 Å². The SMILES string of the molecule is Cc1cc(-c2cn(-c3ccc(NSCCO)cc3N3CCC4(CC3)CC4)nn2)nc(N2CCC(F)(F)CC2)c1. The Morgan fingerprint density at radius 3 is 2.38 bits per heavy atom. The van der Waals surface area contributed by atoms with E-state index in [0.29, 0.717) is 28.4 Å². The van der Waals surface area contributed by atoms with E-state index in [-0.39, 0.29) is 32.5 Å². The molecule has 3 fully saturated rings. The van der Waals surface area contributed by atoms with Crippen LogP contribution in [0.1, 0.15) is 44.1 Å². The predicted octanol–water partition coefficient (Wildman–Crippen LogP) is 5.31. The zero-order valence-corrected chi connectivity index (χ0v) is 23.1. The number of halogens is 2. The summed E-state index contributed by atoms with van der Waals surface area (Å²) in [6.45, 7) is 4.70. The molecule has 1 saturated carbocycles. The van der Waals surface area contributed by atoms with Crippen molar-refractivity contribution in [2.75, 3.05) is 53.1 Å². The first-order valence-electron chi connectivity index (χ1n) is 13.8. The van der Waals surface area contributed by atoms with Gasteiger partial charge in [0.05, 0.1) is 29.9 Å². The molecule has 6 rings (SSSR count). The third kappa shape index (κ3) is 5.84. The van der Waals surface area contributed by atoms with Gasteiger partial charge in [-0.05, 0) is 73.9 Å². The highest BCUT2D eigenvalue weighted by molar-refractivity contribution is 8.00. The minimum Gasteiger partial charge on any atom is -0.395 e. The third-order valence-electron chi connectivity index (χ3n) is 8.26. The van der Waals surface area contributed by atoms with Gasteiger partial charge in [-0.3, -0.25) is 0 Å². The fourth-order valence-electron chi connectivity index (χ4n) is 5.62. The highest BCUT2D eigenvalue weighted by Gasteiger charge is 2.44. The first-order chi connectivity index (χ1) is 18.8. The van der Waals surface area contributed by atoms with E-state index in [9.17, 15) is 8.78 Å². The number of rotatable bonds is 8. The van der Waals surface area contributed by atoms with E-state index < -0.39 is 5.92 Å². The lowest BCUT2D eigenvalue weighted by atomic mass is 9.93. The van der Waals surface area contributed by atoms with Crippen LogP contribution in [0.4, 0.5) is 26.0 Å². The van der Waals surface area contributed by atoms with Gasteiger partial charge in [0.15, 0.2) is 0 Å². The van der Waals surface area contributed by atoms with Crippen LogP contribution in [0.5, 0.6) is 0 Å². The highest BCUT2D eigenvalue weighted by Crippen LogP contribution is 2.54. The molecule has 2 N–H and O–H groups in total. The Morgan fingerprint density at radius 1 is 0.923 bits per heavy atom. The molecule has 0 amide bonds. The van der Waals surface area contributed by atoms with Gasteiger partial charge in [0, 0.05) is 50.5 Å². The van der Waals surface area contributed by atoms with E-state index in [0.717, 1.165) is 35.7 Å². The Hall–Kier alpha value is -2.92. The van der Waals surface area contributed by atoms with Crippen molar-refractivity contribution < 1.29 is 13.9 Å². The number of nitrogens with one attached hydrogen (secondary N) is 1. The molecule has 1 aromatic carbocycles. The summed E-state index contributed by atoms with van der Waals surface area (Å²) in [7, 11) is 0. The van der Waals surface area contributed by atoms with E-state index in [1.165, 1.54) is 37.6 Å². The molecule has 1 aliphatic carbocycles. The molecule has 0 unspecified atom stereocenters. The van der Waals surface area contributed by atoms with E-state index in [2.05, 4.69) is 32.1 Å². The van der Waals surface area contributed by atoms with Gasteiger partial charge in [0.1, 0.15) is 11.5 Å². The number of benzene rings is 1. The first-order valence-corrected chi connectivity index (χ1v) is 14.7. The lowest BCUT2D eigenvalue weighted by molar-refractivity contribution is -0.0221. The lowest BCUT2D eigenvalue weighted by Crippen LogP contribution is -2.39. The second kappa shape index (κ2) is 10.6. The number of alkyl halides is 2. The van der Waals surface area contributed by atoms with Crippen LogP contribution < -0.4 is 14.5 Å². The molecule has 1 spiro atoms. The van der Waals surface area contributed by atoms with E-state index in [1.54, 1.807) is 0 Å². The number of aliphatic hydroxyl groups excluding tert-OH is 1. The van der Waals surface area contributed by atoms with Gasteiger partial charge in [-0.15, -0.1) is 5.10 Å². The molecule has 0 radical (unpaired) electrons. The van der Waals surface area contributed by atoms with Crippen molar-refractivity contribution in [2.45, 2.75) is 51.4 Å². The molecule has 11 heteroatoms. The largest absolute Gasteiger partial charge is 0.395 e. The quantitative estimate of drug-likeness (QED) is 0.286. The predicted molar refractivity (Wildman–Crippen MR) is 152 cm³/mol. The van der Waals surface area contributed by atoms with Gasteiger partial charge in [-0.25, -0.2) is 18.4 Å². The molecule has 8 nitrogen and oxygen atoms in total. The summed E-state index contributed by atoms with van der Waals surface area (Å²) in [5.74, 6) is -1.28. The minimum atomic E-state index is -2.60. The number of aliphatic hydroxyl groups is 1. The molecule has 3 aromatic rings. The van der Waals surface area contributed by atoms with Gasteiger partial charge in [-0.1, -0.05) is 17.2 Å². The number of anilines is 3. The molecule has 4 heterocycles. The lowest BCUT2D eigenvalue weighted by Gasteiger charge is -2.35. The molecule has 208 valence electrons. The Labute approximate surface area is 231 Å². The molecule has 2 saturated heterocycles. The summed E-state index contributed by atoms with van der Waals surface area (Å²) in [4.78, 5) is 9.17. The molecular formula is C28H35F2N7OS. The topological polar surface area (TPSA) is 82.3 Å². The standard InChI is InChI=1S/C28H35F2N7OS/c1-20-16-22(31-26(17-20)36-12-8-28(29,30)9-13-36)23-19-37(34-32-23)24-3-2-21(33-39-15-14-38)18-25(24)35-10-6-27(4-5-27)7-11-35/h2-3,16-19,33,38H,4-15H2,1H3. The molecule has 2 aromatic heterocycles. The first kappa shape index (κ1) is 26.3. The number of aromatic nitrogens is 4. The van der Waals surface area contributed by atoms with Crippen molar-refractivity contribution in [1.29, 1.82) is 0 Å². The summed E-state index contributed by atoms with van der Waals surface area (Å²) >= 11 is 1.48. The monoisotopic (exact) mass is 555 g/mol. The van der Waals surface area contributed by atoms with Crippen LogP contribution in [0.3, 0.4) is 0 Å². The molecule has 0 bridgehead atoms. The van der Waals surface area contributed by atoms with E-state index in [1.807, 2.05) is 40.9 Å². The maximum Gasteiger partial charge on any atom is 0.251 e. The minimum absolute atomic E-state index is 0.123. The van der Waals surface area contributed by atoms with Crippen molar-refractivity contribution in [1.82, 2.24) is 20.0 Å². The van der Waals surface area contributed by atoms with Crippen LogP contribution in [0, 0.1) is 12.3 Å². The number of hydrogen-bond acceptors (Lipinski definition) is 8. The van der Waals surface area contributed by atoms with Crippen LogP contribution in [-0.2, 0) is 0 Å². The van der Waals surface area contributed by atoms with Gasteiger partial charge < -0.3 is 19.6 Å². The zero-order valence-electron chi connectivity index (χ0n) is 22.2. The number of nitrogens with zero attached hydrogens (tertiary/aromatic N) is 6. The summed E-state index contributed by atoms with van der Waals surface area (Å²) in [5, 5.41) is 18.1. The van der Waals surface area contributed by atoms with Crippen molar-refractivity contribution >= 4 is 29.1 Å². The second-order valence-corrected chi connectivity index (χ2v) is 12.0. The second-order valence-electron chi connectivity index (χ2n) is 11.1. The Morgan fingerprint density at radius 2 is 1.67 bits per heavy atom. The van der Waals surface area contributed by atoms with E-state index in [4.69, 9.17) is 10.1 Å². The smallest absolute Gasteiger partial charge is 0.251 e. The van der Waals surface area contributed by atoms with Crippen LogP contribution >= 0.6 is 11.9 Å². The average Bonchev–Trinajstić information content (AvgIpc) is 3.49. The molecule has 0 atom stereocenters. The fraction of sp³-hybridized carbons (Fsp3) is 0.536. The van der Waals surface area contributed by atoms with Gasteiger partial charge in [0.25, 0.3) is 5.92 Å². The molecule has 39 heavy (non-hydrogen) atoms. The zero-order chi connectivity index (χ0) is 27.0.